The summed E-state index contributed by atoms with van der Waals surface area (Å²) in [6, 6.07) is 20.6. The van der Waals surface area contributed by atoms with Crippen molar-refractivity contribution >= 4 is 40.2 Å². The van der Waals surface area contributed by atoms with E-state index in [0.29, 0.717) is 17.1 Å². The molecule has 0 aliphatic heterocycles. The molecular formula is C27H26N2O2S2. The minimum Gasteiger partial charge on any atom is -0.349 e. The Morgan fingerprint density at radius 3 is 2.12 bits per heavy atom. The molecule has 4 aromatic rings. The molecule has 0 bridgehead atoms. The third-order valence-corrected chi connectivity index (χ3v) is 7.09. The fraction of sp³-hybridized carbons (Fsp3) is 0.185. The molecule has 2 heterocycles. The molecule has 0 fully saturated rings. The van der Waals surface area contributed by atoms with Crippen molar-refractivity contribution in [1.82, 2.24) is 5.32 Å². The molecule has 4 rings (SSSR count). The monoisotopic (exact) mass is 474 g/mol. The van der Waals surface area contributed by atoms with Crippen molar-refractivity contribution in [1.29, 1.82) is 0 Å². The minimum absolute atomic E-state index is 0.188. The molecule has 2 aromatic carbocycles. The van der Waals surface area contributed by atoms with E-state index in [1.807, 2.05) is 86.1 Å². The smallest absolute Gasteiger partial charge is 0.269 e. The van der Waals surface area contributed by atoms with Crippen LogP contribution in [0.2, 0.25) is 0 Å². The van der Waals surface area contributed by atoms with E-state index in [9.17, 15) is 9.59 Å². The van der Waals surface area contributed by atoms with Crippen molar-refractivity contribution in [2.45, 2.75) is 33.4 Å². The number of hydrogen-bond donors (Lipinski definition) is 1. The quantitative estimate of drug-likeness (QED) is 0.335. The molecule has 0 saturated carbocycles. The number of hydrogen-bond acceptors (Lipinski definition) is 4. The van der Waals surface area contributed by atoms with E-state index in [0.717, 1.165) is 27.1 Å². The molecule has 1 N–H and O–H groups in total. The molecule has 0 spiro atoms. The largest absolute Gasteiger partial charge is 0.349 e. The average Bonchev–Trinajstić information content (AvgIpc) is 3.50. The predicted octanol–water partition coefficient (Wildman–Crippen LogP) is 6.44. The summed E-state index contributed by atoms with van der Waals surface area (Å²) in [7, 11) is 0. The first-order valence-electron chi connectivity index (χ1n) is 10.7. The number of nitrogens with zero attached hydrogens (tertiary/aromatic N) is 1. The molecule has 1 atom stereocenters. The lowest BCUT2D eigenvalue weighted by atomic mass is 10.0. The predicted molar refractivity (Wildman–Crippen MR) is 137 cm³/mol. The van der Waals surface area contributed by atoms with Gasteiger partial charge in [0, 0.05) is 10.6 Å². The van der Waals surface area contributed by atoms with Crippen LogP contribution < -0.4 is 10.2 Å². The zero-order valence-corrected chi connectivity index (χ0v) is 20.5. The van der Waals surface area contributed by atoms with Gasteiger partial charge in [-0.05, 0) is 72.5 Å². The minimum atomic E-state index is -0.804. The summed E-state index contributed by atoms with van der Waals surface area (Å²) in [6.45, 7) is 6.44. The van der Waals surface area contributed by atoms with Gasteiger partial charge in [0.05, 0.1) is 11.4 Å². The van der Waals surface area contributed by atoms with Crippen molar-refractivity contribution in [2.75, 3.05) is 4.90 Å². The van der Waals surface area contributed by atoms with Gasteiger partial charge in [-0.1, -0.05) is 48.0 Å². The van der Waals surface area contributed by atoms with Crippen LogP contribution in [0.15, 0.2) is 77.5 Å². The van der Waals surface area contributed by atoms with E-state index in [-0.39, 0.29) is 11.8 Å². The maximum atomic E-state index is 13.8. The Bertz CT molecular complexity index is 1210. The van der Waals surface area contributed by atoms with E-state index in [1.165, 1.54) is 11.3 Å². The Labute approximate surface area is 202 Å². The second-order valence-corrected chi connectivity index (χ2v) is 10.1. The zero-order chi connectivity index (χ0) is 23.4. The van der Waals surface area contributed by atoms with E-state index in [1.54, 1.807) is 22.3 Å². The van der Waals surface area contributed by atoms with Crippen molar-refractivity contribution < 1.29 is 9.59 Å². The lowest BCUT2D eigenvalue weighted by Crippen LogP contribution is -2.43. The van der Waals surface area contributed by atoms with Gasteiger partial charge in [-0.15, -0.1) is 22.7 Å². The molecular weight excluding hydrogens is 448 g/mol. The van der Waals surface area contributed by atoms with Gasteiger partial charge < -0.3 is 5.32 Å². The maximum absolute atomic E-state index is 13.8. The highest BCUT2D eigenvalue weighted by atomic mass is 32.1. The van der Waals surface area contributed by atoms with E-state index in [2.05, 4.69) is 11.4 Å². The van der Waals surface area contributed by atoms with Crippen LogP contribution in [0.5, 0.6) is 0 Å². The number of amides is 2. The lowest BCUT2D eigenvalue weighted by molar-refractivity contribution is -0.122. The van der Waals surface area contributed by atoms with Crippen LogP contribution in [-0.2, 0) is 11.3 Å². The van der Waals surface area contributed by atoms with Crippen molar-refractivity contribution in [3.63, 3.8) is 0 Å². The highest BCUT2D eigenvalue weighted by molar-refractivity contribution is 7.12. The first kappa shape index (κ1) is 23.0. The topological polar surface area (TPSA) is 49.4 Å². The molecule has 2 aromatic heterocycles. The molecule has 0 saturated heterocycles. The molecule has 0 aliphatic carbocycles. The zero-order valence-electron chi connectivity index (χ0n) is 18.9. The highest BCUT2D eigenvalue weighted by Crippen LogP contribution is 2.32. The Balaban J connectivity index is 1.81. The molecule has 2 amide bonds. The molecule has 6 heteroatoms. The lowest BCUT2D eigenvalue weighted by Gasteiger charge is -2.32. The summed E-state index contributed by atoms with van der Waals surface area (Å²) in [5, 5.41) is 6.93. The van der Waals surface area contributed by atoms with Crippen molar-refractivity contribution in [3.8, 4) is 0 Å². The van der Waals surface area contributed by atoms with Gasteiger partial charge in [-0.2, -0.15) is 0 Å². The summed E-state index contributed by atoms with van der Waals surface area (Å²) >= 11 is 2.97. The second kappa shape index (κ2) is 10.1. The summed E-state index contributed by atoms with van der Waals surface area (Å²) < 4.78 is 0. The molecule has 1 unspecified atom stereocenters. The van der Waals surface area contributed by atoms with Crippen molar-refractivity contribution in [2.24, 2.45) is 0 Å². The van der Waals surface area contributed by atoms with Crippen LogP contribution in [-0.4, -0.2) is 11.8 Å². The summed E-state index contributed by atoms with van der Waals surface area (Å²) in [4.78, 5) is 30.8. The number of benzene rings is 2. The molecule has 0 radical (unpaired) electrons. The number of carbonyl (C=O) groups is 2. The third-order valence-electron chi connectivity index (χ3n) is 5.35. The van der Waals surface area contributed by atoms with Gasteiger partial charge in [0.25, 0.3) is 5.91 Å². The summed E-state index contributed by atoms with van der Waals surface area (Å²) in [6.07, 6.45) is 0. The molecule has 33 heavy (non-hydrogen) atoms. The Morgan fingerprint density at radius 2 is 1.52 bits per heavy atom. The summed E-state index contributed by atoms with van der Waals surface area (Å²) in [5.41, 5.74) is 4.65. The Kier molecular flexibility index (Phi) is 7.06. The highest BCUT2D eigenvalue weighted by Gasteiger charge is 2.34. The number of aryl methyl sites for hydroxylation is 3. The van der Waals surface area contributed by atoms with Gasteiger partial charge in [0.15, 0.2) is 0 Å². The SMILES string of the molecule is Cc1ccc(C(C(=O)NCc2cccs2)N(C(=O)c2cccs2)c2cc(C)cc(C)c2)cc1. The van der Waals surface area contributed by atoms with E-state index >= 15 is 0 Å². The van der Waals surface area contributed by atoms with Crippen LogP contribution in [0, 0.1) is 20.8 Å². The average molecular weight is 475 g/mol. The molecule has 4 nitrogen and oxygen atoms in total. The standard InChI is InChI=1S/C27H26N2O2S2/c1-18-8-10-21(11-9-18)25(26(30)28-17-23-6-4-12-32-23)29(27(31)24-7-5-13-33-24)22-15-19(2)14-20(3)16-22/h4-16,25H,17H2,1-3H3,(H,28,30). The second-order valence-electron chi connectivity index (χ2n) is 8.11. The molecule has 0 aliphatic rings. The number of thiophene rings is 2. The Morgan fingerprint density at radius 1 is 0.848 bits per heavy atom. The van der Waals surface area contributed by atoms with Crippen LogP contribution in [0.3, 0.4) is 0 Å². The molecule has 168 valence electrons. The van der Waals surface area contributed by atoms with E-state index < -0.39 is 6.04 Å². The normalized spacial score (nSPS) is 11.7. The number of anilines is 1. The first-order chi connectivity index (χ1) is 15.9. The summed E-state index contributed by atoms with van der Waals surface area (Å²) in [5.74, 6) is -0.400. The maximum Gasteiger partial charge on any atom is 0.269 e. The number of nitrogens with one attached hydrogen (secondary N) is 1. The first-order valence-corrected chi connectivity index (χ1v) is 12.5. The van der Waals surface area contributed by atoms with Gasteiger partial charge >= 0.3 is 0 Å². The van der Waals surface area contributed by atoms with Gasteiger partial charge in [0.2, 0.25) is 5.91 Å². The fourth-order valence-electron chi connectivity index (χ4n) is 3.84. The van der Waals surface area contributed by atoms with E-state index in [4.69, 9.17) is 0 Å². The van der Waals surface area contributed by atoms with Crippen molar-refractivity contribution in [3.05, 3.63) is 109 Å². The van der Waals surface area contributed by atoms with Crippen LogP contribution >= 0.6 is 22.7 Å². The van der Waals surface area contributed by atoms with Crippen LogP contribution in [0.1, 0.15) is 42.8 Å². The van der Waals surface area contributed by atoms with Gasteiger partial charge in [-0.3, -0.25) is 14.5 Å². The van der Waals surface area contributed by atoms with Crippen LogP contribution in [0.25, 0.3) is 0 Å². The Hall–Kier alpha value is -3.22. The number of rotatable bonds is 7. The van der Waals surface area contributed by atoms with Gasteiger partial charge in [-0.25, -0.2) is 0 Å². The third kappa shape index (κ3) is 5.41. The van der Waals surface area contributed by atoms with Gasteiger partial charge in [0.1, 0.15) is 6.04 Å². The fourth-order valence-corrected chi connectivity index (χ4v) is 5.15. The van der Waals surface area contributed by atoms with Crippen LogP contribution in [0.4, 0.5) is 5.69 Å². The number of carbonyl (C=O) groups excluding carboxylic acids is 2.